The van der Waals surface area contributed by atoms with Crippen molar-refractivity contribution in [3.8, 4) is 0 Å². The first kappa shape index (κ1) is 13.8. The Morgan fingerprint density at radius 1 is 1.16 bits per heavy atom. The van der Waals surface area contributed by atoms with E-state index in [1.54, 1.807) is 7.11 Å². The molecule has 0 amide bonds. The zero-order valence-electron chi connectivity index (χ0n) is 12.5. The minimum absolute atomic E-state index is 0.102. The molecule has 19 heavy (non-hydrogen) atoms. The molecule has 0 spiro atoms. The van der Waals surface area contributed by atoms with Gasteiger partial charge >= 0.3 is 0 Å². The maximum Gasteiger partial charge on any atom is 0.0941 e. The molecule has 3 fully saturated rings. The summed E-state index contributed by atoms with van der Waals surface area (Å²) in [5.74, 6) is 1.30. The van der Waals surface area contributed by atoms with E-state index in [2.05, 4.69) is 13.8 Å². The van der Waals surface area contributed by atoms with Gasteiger partial charge in [-0.2, -0.15) is 0 Å². The van der Waals surface area contributed by atoms with Gasteiger partial charge in [0.15, 0.2) is 0 Å². The van der Waals surface area contributed by atoms with Gasteiger partial charge in [0.1, 0.15) is 0 Å². The predicted molar refractivity (Wildman–Crippen MR) is 73.7 cm³/mol. The first-order valence-electron chi connectivity index (χ1n) is 7.73. The van der Waals surface area contributed by atoms with Gasteiger partial charge in [-0.15, -0.1) is 0 Å². The van der Waals surface area contributed by atoms with Gasteiger partial charge in [-0.1, -0.05) is 13.8 Å². The van der Waals surface area contributed by atoms with Crippen molar-refractivity contribution in [2.45, 2.75) is 64.1 Å². The third-order valence-electron chi connectivity index (χ3n) is 6.91. The fourth-order valence-corrected chi connectivity index (χ4v) is 5.49. The molecule has 0 aromatic carbocycles. The Kier molecular flexibility index (Phi) is 3.05. The number of ether oxygens (including phenoxy) is 1. The molecule has 3 rings (SSSR count). The molecule has 3 heteroatoms. The number of rotatable bonds is 2. The Hall–Kier alpha value is -0.120. The van der Waals surface area contributed by atoms with Crippen LogP contribution in [-0.2, 0) is 4.74 Å². The highest BCUT2D eigenvalue weighted by atomic mass is 16.5. The van der Waals surface area contributed by atoms with Crippen LogP contribution in [0.2, 0.25) is 0 Å². The normalized spacial score (nSPS) is 57.0. The standard InChI is InChI=1S/C16H28O3/c1-14-6-5-13(18)16(9-14,19-3)7-4-11-12(14)8-15(11,2)10-17/h11-13,17-18H,4-10H2,1-3H3/t11-,12+,13-,14+,15+,16-/m1/s1. The van der Waals surface area contributed by atoms with E-state index in [9.17, 15) is 10.2 Å². The van der Waals surface area contributed by atoms with Crippen LogP contribution in [0.3, 0.4) is 0 Å². The number of methoxy groups -OCH3 is 1. The second-order valence-corrected chi connectivity index (χ2v) is 7.92. The zero-order chi connectivity index (χ0) is 13.9. The molecule has 0 unspecified atom stereocenters. The second-order valence-electron chi connectivity index (χ2n) is 7.92. The van der Waals surface area contributed by atoms with E-state index in [0.717, 1.165) is 38.5 Å². The van der Waals surface area contributed by atoms with E-state index in [4.69, 9.17) is 4.74 Å². The highest BCUT2D eigenvalue weighted by molar-refractivity contribution is 5.12. The lowest BCUT2D eigenvalue weighted by atomic mass is 9.46. The molecule has 2 bridgehead atoms. The summed E-state index contributed by atoms with van der Waals surface area (Å²) >= 11 is 0. The Bertz CT molecular complexity index is 371. The van der Waals surface area contributed by atoms with Crippen LogP contribution in [0.15, 0.2) is 0 Å². The van der Waals surface area contributed by atoms with Crippen molar-refractivity contribution in [3.63, 3.8) is 0 Å². The molecule has 0 radical (unpaired) electrons. The molecular weight excluding hydrogens is 240 g/mol. The number of fused-ring (bicyclic) bond motifs is 4. The summed E-state index contributed by atoms with van der Waals surface area (Å²) in [5.41, 5.74) is 0.0524. The lowest BCUT2D eigenvalue weighted by Gasteiger charge is -2.60. The molecule has 0 saturated heterocycles. The van der Waals surface area contributed by atoms with E-state index in [1.807, 2.05) is 0 Å². The van der Waals surface area contributed by atoms with Crippen LogP contribution in [0.4, 0.5) is 0 Å². The predicted octanol–water partition coefficient (Wildman–Crippen LogP) is 2.35. The average Bonchev–Trinajstić information content (AvgIpc) is 2.47. The molecular formula is C16H28O3. The summed E-state index contributed by atoms with van der Waals surface area (Å²) in [7, 11) is 1.76. The minimum atomic E-state index is -0.333. The molecule has 6 atom stereocenters. The Balaban J connectivity index is 1.93. The van der Waals surface area contributed by atoms with Gasteiger partial charge in [0, 0.05) is 13.7 Å². The molecule has 3 nitrogen and oxygen atoms in total. The summed E-state index contributed by atoms with van der Waals surface area (Å²) in [4.78, 5) is 0. The lowest BCUT2D eigenvalue weighted by Crippen LogP contribution is -2.56. The fraction of sp³-hybridized carbons (Fsp3) is 1.00. The molecule has 0 aromatic rings. The van der Waals surface area contributed by atoms with Crippen LogP contribution >= 0.6 is 0 Å². The van der Waals surface area contributed by atoms with E-state index in [0.29, 0.717) is 18.4 Å². The number of aliphatic hydroxyl groups excluding tert-OH is 2. The minimum Gasteiger partial charge on any atom is -0.396 e. The molecule has 0 heterocycles. The van der Waals surface area contributed by atoms with Crippen molar-refractivity contribution in [2.75, 3.05) is 13.7 Å². The van der Waals surface area contributed by atoms with Crippen molar-refractivity contribution in [3.05, 3.63) is 0 Å². The summed E-state index contributed by atoms with van der Waals surface area (Å²) in [6, 6.07) is 0. The Morgan fingerprint density at radius 3 is 2.53 bits per heavy atom. The smallest absolute Gasteiger partial charge is 0.0941 e. The highest BCUT2D eigenvalue weighted by Gasteiger charge is 2.62. The van der Waals surface area contributed by atoms with Crippen molar-refractivity contribution < 1.29 is 14.9 Å². The highest BCUT2D eigenvalue weighted by Crippen LogP contribution is 2.66. The van der Waals surface area contributed by atoms with E-state index < -0.39 is 0 Å². The number of hydrogen-bond donors (Lipinski definition) is 2. The molecule has 3 saturated carbocycles. The third kappa shape index (κ3) is 1.74. The van der Waals surface area contributed by atoms with Crippen molar-refractivity contribution in [1.29, 1.82) is 0 Å². The van der Waals surface area contributed by atoms with Crippen LogP contribution in [-0.4, -0.2) is 35.6 Å². The Morgan fingerprint density at radius 2 is 1.89 bits per heavy atom. The molecule has 3 aliphatic rings. The Labute approximate surface area is 116 Å². The van der Waals surface area contributed by atoms with E-state index in [-0.39, 0.29) is 22.5 Å². The van der Waals surface area contributed by atoms with Crippen LogP contribution in [0, 0.1) is 22.7 Å². The summed E-state index contributed by atoms with van der Waals surface area (Å²) in [6.45, 7) is 4.90. The number of hydrogen-bond acceptors (Lipinski definition) is 3. The quantitative estimate of drug-likeness (QED) is 0.808. The van der Waals surface area contributed by atoms with Gasteiger partial charge in [-0.25, -0.2) is 0 Å². The zero-order valence-corrected chi connectivity index (χ0v) is 12.5. The summed E-state index contributed by atoms with van der Waals surface area (Å²) < 4.78 is 5.82. The van der Waals surface area contributed by atoms with Gasteiger partial charge in [0.25, 0.3) is 0 Å². The molecule has 3 aliphatic carbocycles. The topological polar surface area (TPSA) is 49.7 Å². The van der Waals surface area contributed by atoms with Crippen molar-refractivity contribution in [1.82, 2.24) is 0 Å². The van der Waals surface area contributed by atoms with Crippen LogP contribution in [0.1, 0.15) is 52.4 Å². The maximum absolute atomic E-state index is 10.4. The molecule has 0 aliphatic heterocycles. The SMILES string of the molecule is CO[C@@]12CC[C@@H]3[C@H](C[C@@]3(C)CO)[C@@](C)(CC[C@H]1O)C2. The first-order valence-corrected chi connectivity index (χ1v) is 7.73. The van der Waals surface area contributed by atoms with Gasteiger partial charge in [0.05, 0.1) is 11.7 Å². The molecule has 0 aromatic heterocycles. The van der Waals surface area contributed by atoms with Gasteiger partial charge in [-0.3, -0.25) is 0 Å². The van der Waals surface area contributed by atoms with Crippen LogP contribution in [0.25, 0.3) is 0 Å². The van der Waals surface area contributed by atoms with Gasteiger partial charge in [-0.05, 0) is 61.2 Å². The van der Waals surface area contributed by atoms with Crippen molar-refractivity contribution >= 4 is 0 Å². The first-order chi connectivity index (χ1) is 8.89. The van der Waals surface area contributed by atoms with Crippen molar-refractivity contribution in [2.24, 2.45) is 22.7 Å². The van der Waals surface area contributed by atoms with Gasteiger partial charge in [0.2, 0.25) is 0 Å². The summed E-state index contributed by atoms with van der Waals surface area (Å²) in [6.07, 6.45) is 5.80. The largest absolute Gasteiger partial charge is 0.396 e. The van der Waals surface area contributed by atoms with Gasteiger partial charge < -0.3 is 14.9 Å². The lowest BCUT2D eigenvalue weighted by molar-refractivity contribution is -0.173. The second kappa shape index (κ2) is 4.19. The average molecular weight is 268 g/mol. The van der Waals surface area contributed by atoms with Crippen LogP contribution in [0.5, 0.6) is 0 Å². The van der Waals surface area contributed by atoms with Crippen LogP contribution < -0.4 is 0 Å². The van der Waals surface area contributed by atoms with E-state index in [1.165, 1.54) is 0 Å². The monoisotopic (exact) mass is 268 g/mol. The molecule has 110 valence electrons. The maximum atomic E-state index is 10.4. The number of aliphatic hydroxyl groups is 2. The third-order valence-corrected chi connectivity index (χ3v) is 6.91. The van der Waals surface area contributed by atoms with E-state index >= 15 is 0 Å². The molecule has 2 N–H and O–H groups in total. The summed E-state index contributed by atoms with van der Waals surface area (Å²) in [5, 5.41) is 20.1. The fourth-order valence-electron chi connectivity index (χ4n) is 5.49.